The van der Waals surface area contributed by atoms with Gasteiger partial charge in [0.25, 0.3) is 5.69 Å². The molecule has 0 spiro atoms. The molecule has 7 heteroatoms. The Morgan fingerprint density at radius 2 is 2.08 bits per heavy atom. The zero-order chi connectivity index (χ0) is 18.4. The minimum atomic E-state index is -0.392. The zero-order valence-corrected chi connectivity index (χ0v) is 15.4. The van der Waals surface area contributed by atoms with Gasteiger partial charge in [-0.25, -0.2) is 0 Å². The van der Waals surface area contributed by atoms with Crippen molar-refractivity contribution >= 4 is 34.6 Å². The molecule has 0 fully saturated rings. The van der Waals surface area contributed by atoms with Crippen molar-refractivity contribution in [3.63, 3.8) is 0 Å². The predicted molar refractivity (Wildman–Crippen MR) is 102 cm³/mol. The predicted octanol–water partition coefficient (Wildman–Crippen LogP) is 5.74. The lowest BCUT2D eigenvalue weighted by molar-refractivity contribution is -0.385. The fourth-order valence-corrected chi connectivity index (χ4v) is 4.41. The van der Waals surface area contributed by atoms with E-state index in [1.807, 2.05) is 12.1 Å². The van der Waals surface area contributed by atoms with Crippen LogP contribution in [-0.2, 0) is 0 Å². The molecule has 0 unspecified atom stereocenters. The number of fused-ring (bicyclic) bond motifs is 3. The SMILES string of the molecule is COc1cc([N+](=O)[O-])cc2c1N[C@@H](c1cccc(Cl)c1Cl)[C@H]1CC=C[C@H]21. The summed E-state index contributed by atoms with van der Waals surface area (Å²) < 4.78 is 5.44. The Hall–Kier alpha value is -2.24. The molecule has 2 aromatic rings. The number of anilines is 1. The first-order valence-corrected chi connectivity index (χ1v) is 9.00. The van der Waals surface area contributed by atoms with E-state index in [2.05, 4.69) is 17.5 Å². The van der Waals surface area contributed by atoms with Gasteiger partial charge < -0.3 is 10.1 Å². The highest BCUT2D eigenvalue weighted by atomic mass is 35.5. The van der Waals surface area contributed by atoms with Gasteiger partial charge in [0.15, 0.2) is 0 Å². The lowest BCUT2D eigenvalue weighted by Crippen LogP contribution is -2.29. The van der Waals surface area contributed by atoms with Crippen molar-refractivity contribution in [3.05, 3.63) is 73.8 Å². The van der Waals surface area contributed by atoms with E-state index in [1.165, 1.54) is 13.2 Å². The second-order valence-electron chi connectivity index (χ2n) is 6.49. The molecule has 0 saturated heterocycles. The number of halogens is 2. The monoisotopic (exact) mass is 390 g/mol. The summed E-state index contributed by atoms with van der Waals surface area (Å²) in [6.45, 7) is 0. The quantitative estimate of drug-likeness (QED) is 0.412. The highest BCUT2D eigenvalue weighted by molar-refractivity contribution is 6.42. The summed E-state index contributed by atoms with van der Waals surface area (Å²) in [5.74, 6) is 0.710. The van der Waals surface area contributed by atoms with Crippen molar-refractivity contribution in [1.29, 1.82) is 0 Å². The van der Waals surface area contributed by atoms with Gasteiger partial charge in [-0.3, -0.25) is 10.1 Å². The Morgan fingerprint density at radius 1 is 1.27 bits per heavy atom. The van der Waals surface area contributed by atoms with E-state index in [9.17, 15) is 10.1 Å². The molecule has 0 radical (unpaired) electrons. The molecular weight excluding hydrogens is 375 g/mol. The van der Waals surface area contributed by atoms with Crippen LogP contribution in [0.1, 0.15) is 29.5 Å². The van der Waals surface area contributed by atoms with Gasteiger partial charge in [0.2, 0.25) is 0 Å². The number of rotatable bonds is 3. The summed E-state index contributed by atoms with van der Waals surface area (Å²) in [5.41, 5.74) is 2.60. The van der Waals surface area contributed by atoms with Crippen molar-refractivity contribution in [2.24, 2.45) is 5.92 Å². The number of nitro groups is 1. The second-order valence-corrected chi connectivity index (χ2v) is 7.27. The number of methoxy groups -OCH3 is 1. The molecule has 1 aliphatic carbocycles. The largest absolute Gasteiger partial charge is 0.494 e. The van der Waals surface area contributed by atoms with E-state index in [-0.39, 0.29) is 23.6 Å². The standard InChI is InChI=1S/C19H16Cl2N2O3/c1-26-16-9-10(23(24)25)8-14-11-4-2-5-12(11)18(22-19(14)16)13-6-3-7-15(20)17(13)21/h2-4,6-9,11-12,18,22H,5H2,1H3/t11-,12-,18+/m0/s1. The van der Waals surface area contributed by atoms with Crippen molar-refractivity contribution < 1.29 is 9.66 Å². The summed E-state index contributed by atoms with van der Waals surface area (Å²) in [4.78, 5) is 10.9. The van der Waals surface area contributed by atoms with E-state index in [0.717, 1.165) is 23.2 Å². The molecule has 2 aromatic carbocycles. The molecular formula is C19H16Cl2N2O3. The van der Waals surface area contributed by atoms with Crippen LogP contribution < -0.4 is 10.1 Å². The molecule has 1 N–H and O–H groups in total. The smallest absolute Gasteiger partial charge is 0.273 e. The number of benzene rings is 2. The van der Waals surface area contributed by atoms with Crippen LogP contribution in [0, 0.1) is 16.0 Å². The number of allylic oxidation sites excluding steroid dienone is 2. The van der Waals surface area contributed by atoms with Gasteiger partial charge in [-0.15, -0.1) is 0 Å². The Morgan fingerprint density at radius 3 is 2.81 bits per heavy atom. The normalized spacial score (nSPS) is 23.1. The molecule has 5 nitrogen and oxygen atoms in total. The maximum absolute atomic E-state index is 11.3. The summed E-state index contributed by atoms with van der Waals surface area (Å²) in [7, 11) is 1.51. The van der Waals surface area contributed by atoms with Crippen LogP contribution in [0.5, 0.6) is 5.75 Å². The zero-order valence-electron chi connectivity index (χ0n) is 13.9. The van der Waals surface area contributed by atoms with Crippen LogP contribution >= 0.6 is 23.2 Å². The molecule has 0 amide bonds. The van der Waals surface area contributed by atoms with Gasteiger partial charge >= 0.3 is 0 Å². The van der Waals surface area contributed by atoms with E-state index in [4.69, 9.17) is 27.9 Å². The average molecular weight is 391 g/mol. The van der Waals surface area contributed by atoms with E-state index in [1.54, 1.807) is 12.1 Å². The minimum absolute atomic E-state index is 0.0284. The highest BCUT2D eigenvalue weighted by Gasteiger charge is 2.41. The van der Waals surface area contributed by atoms with Crippen LogP contribution in [0.3, 0.4) is 0 Å². The first kappa shape index (κ1) is 17.2. The van der Waals surface area contributed by atoms with Crippen molar-refractivity contribution in [2.75, 3.05) is 12.4 Å². The van der Waals surface area contributed by atoms with E-state index >= 15 is 0 Å². The lowest BCUT2D eigenvalue weighted by Gasteiger charge is -2.38. The van der Waals surface area contributed by atoms with Crippen molar-refractivity contribution in [2.45, 2.75) is 18.4 Å². The molecule has 0 bridgehead atoms. The van der Waals surface area contributed by atoms with Crippen LogP contribution in [-0.4, -0.2) is 12.0 Å². The number of hydrogen-bond donors (Lipinski definition) is 1. The van der Waals surface area contributed by atoms with Crippen LogP contribution in [0.2, 0.25) is 10.0 Å². The third kappa shape index (κ3) is 2.63. The number of non-ortho nitro benzene ring substituents is 1. The number of nitrogens with zero attached hydrogens (tertiary/aromatic N) is 1. The molecule has 3 atom stereocenters. The molecule has 4 rings (SSSR count). The summed E-state index contributed by atoms with van der Waals surface area (Å²) in [6.07, 6.45) is 5.08. The fourth-order valence-electron chi connectivity index (χ4n) is 3.99. The molecule has 1 aliphatic heterocycles. The van der Waals surface area contributed by atoms with Gasteiger partial charge in [-0.1, -0.05) is 47.5 Å². The van der Waals surface area contributed by atoms with Gasteiger partial charge in [0, 0.05) is 12.0 Å². The Balaban J connectivity index is 1.88. The maximum Gasteiger partial charge on any atom is 0.273 e. The van der Waals surface area contributed by atoms with E-state index in [0.29, 0.717) is 15.8 Å². The number of nitrogens with one attached hydrogen (secondary N) is 1. The summed E-state index contributed by atoms with van der Waals surface area (Å²) in [6, 6.07) is 8.62. The van der Waals surface area contributed by atoms with E-state index < -0.39 is 4.92 Å². The minimum Gasteiger partial charge on any atom is -0.494 e. The van der Waals surface area contributed by atoms with Crippen LogP contribution in [0.4, 0.5) is 11.4 Å². The van der Waals surface area contributed by atoms with Gasteiger partial charge in [-0.05, 0) is 29.5 Å². The Labute approximate surface area is 160 Å². The van der Waals surface area contributed by atoms with Crippen molar-refractivity contribution in [1.82, 2.24) is 0 Å². The topological polar surface area (TPSA) is 64.4 Å². The molecule has 0 saturated carbocycles. The second kappa shape index (κ2) is 6.49. The number of nitro benzene ring substituents is 1. The first-order valence-electron chi connectivity index (χ1n) is 8.24. The van der Waals surface area contributed by atoms with Gasteiger partial charge in [0.1, 0.15) is 5.75 Å². The molecule has 1 heterocycles. The molecule has 134 valence electrons. The third-order valence-corrected chi connectivity index (χ3v) is 6.00. The lowest BCUT2D eigenvalue weighted by atomic mass is 9.76. The summed E-state index contributed by atoms with van der Waals surface area (Å²) >= 11 is 12.7. The first-order chi connectivity index (χ1) is 12.5. The highest BCUT2D eigenvalue weighted by Crippen LogP contribution is 2.54. The van der Waals surface area contributed by atoms with Crippen LogP contribution in [0.15, 0.2) is 42.5 Å². The Kier molecular flexibility index (Phi) is 4.29. The van der Waals surface area contributed by atoms with Gasteiger partial charge in [0.05, 0.1) is 39.9 Å². The van der Waals surface area contributed by atoms with Crippen molar-refractivity contribution in [3.8, 4) is 5.75 Å². The number of ether oxygens (including phenoxy) is 1. The third-order valence-electron chi connectivity index (χ3n) is 5.16. The van der Waals surface area contributed by atoms with Gasteiger partial charge in [-0.2, -0.15) is 0 Å². The number of hydrogen-bond acceptors (Lipinski definition) is 4. The van der Waals surface area contributed by atoms with Crippen LogP contribution in [0.25, 0.3) is 0 Å². The fraction of sp³-hybridized carbons (Fsp3) is 0.263. The average Bonchev–Trinajstić information content (AvgIpc) is 3.12. The summed E-state index contributed by atoms with van der Waals surface area (Å²) in [5, 5.41) is 15.8. The Bertz CT molecular complexity index is 929. The molecule has 0 aromatic heterocycles. The maximum atomic E-state index is 11.3. The molecule has 2 aliphatic rings. The molecule has 26 heavy (non-hydrogen) atoms.